The molecule has 0 radical (unpaired) electrons. The van der Waals surface area contributed by atoms with Crippen molar-refractivity contribution in [1.29, 1.82) is 0 Å². The summed E-state index contributed by atoms with van der Waals surface area (Å²) in [6.45, 7) is 5.11. The lowest BCUT2D eigenvalue weighted by Crippen LogP contribution is -2.49. The third-order valence-electron chi connectivity index (χ3n) is 5.13. The average Bonchev–Trinajstić information content (AvgIpc) is 3.21. The van der Waals surface area contributed by atoms with Crippen LogP contribution in [0.5, 0.6) is 5.75 Å². The lowest BCUT2D eigenvalue weighted by Gasteiger charge is -2.29. The highest BCUT2D eigenvalue weighted by atomic mass is 35.5. The number of amides is 3. The molecule has 3 amide bonds. The first-order valence-corrected chi connectivity index (χ1v) is 11.1. The number of anilines is 1. The number of carbonyl (C=O) groups is 3. The Morgan fingerprint density at radius 1 is 1.22 bits per heavy atom. The van der Waals surface area contributed by atoms with E-state index in [1.807, 2.05) is 31.2 Å². The minimum atomic E-state index is -1.48. The van der Waals surface area contributed by atoms with Gasteiger partial charge in [-0.25, -0.2) is 0 Å². The molecular weight excluding hydrogens is 452 g/mol. The minimum Gasteiger partial charge on any atom is -0.491 e. The summed E-state index contributed by atoms with van der Waals surface area (Å²) in [6.07, 6.45) is 0. The molecular formula is C22H21ClN4O4S. The van der Waals surface area contributed by atoms with Crippen molar-refractivity contribution in [2.75, 3.05) is 18.1 Å². The largest absolute Gasteiger partial charge is 0.491 e. The number of hydrogen-bond acceptors (Lipinski definition) is 6. The summed E-state index contributed by atoms with van der Waals surface area (Å²) in [7, 11) is 0. The van der Waals surface area contributed by atoms with Gasteiger partial charge in [-0.1, -0.05) is 29.8 Å². The fourth-order valence-electron chi connectivity index (χ4n) is 3.77. The van der Waals surface area contributed by atoms with Gasteiger partial charge in [-0.15, -0.1) is 5.10 Å². The molecule has 0 bridgehead atoms. The number of halogens is 1. The summed E-state index contributed by atoms with van der Waals surface area (Å²) in [6, 6.07) is 12.7. The molecule has 8 nitrogen and oxygen atoms in total. The standard InChI is InChI=1S/C22H21ClN4O4S/c1-13-6-4-5-7-19(13)31-11-10-26-18-9-8-16(23)12-17(18)22(20(26)30)27(15(3)29)25-21(32-22)24-14(2)28/h4-9,12H,10-11H2,1-3H3,(H,24,25,28)/t22-/m0/s1. The zero-order valence-electron chi connectivity index (χ0n) is 17.7. The van der Waals surface area contributed by atoms with E-state index in [9.17, 15) is 14.4 Å². The summed E-state index contributed by atoms with van der Waals surface area (Å²) in [5.74, 6) is -0.401. The van der Waals surface area contributed by atoms with E-state index >= 15 is 0 Å². The number of carbonyl (C=O) groups excluding carboxylic acids is 3. The summed E-state index contributed by atoms with van der Waals surface area (Å²) in [5.41, 5.74) is 2.15. The molecule has 166 valence electrons. The van der Waals surface area contributed by atoms with Crippen LogP contribution in [-0.4, -0.2) is 41.0 Å². The molecule has 2 aromatic rings. The molecule has 2 aliphatic rings. The van der Waals surface area contributed by atoms with Gasteiger partial charge in [0.1, 0.15) is 12.4 Å². The number of ether oxygens (including phenoxy) is 1. The smallest absolute Gasteiger partial charge is 0.270 e. The van der Waals surface area contributed by atoms with Crippen LogP contribution in [0.4, 0.5) is 5.69 Å². The Kier molecular flexibility index (Phi) is 5.87. The number of thioether (sulfide) groups is 1. The molecule has 0 aliphatic carbocycles. The Morgan fingerprint density at radius 2 is 1.97 bits per heavy atom. The van der Waals surface area contributed by atoms with Crippen molar-refractivity contribution in [2.24, 2.45) is 5.10 Å². The van der Waals surface area contributed by atoms with E-state index in [0.717, 1.165) is 28.1 Å². The normalized spacial score (nSPS) is 19.2. The number of nitrogens with zero attached hydrogens (tertiary/aromatic N) is 3. The highest BCUT2D eigenvalue weighted by Crippen LogP contribution is 2.54. The van der Waals surface area contributed by atoms with E-state index < -0.39 is 10.8 Å². The molecule has 2 aromatic carbocycles. The molecule has 0 saturated heterocycles. The molecule has 0 fully saturated rings. The molecule has 32 heavy (non-hydrogen) atoms. The second-order valence-corrected chi connectivity index (χ2v) is 9.01. The Morgan fingerprint density at radius 3 is 2.66 bits per heavy atom. The lowest BCUT2D eigenvalue weighted by atomic mass is 10.1. The summed E-state index contributed by atoms with van der Waals surface area (Å²) >= 11 is 7.27. The zero-order chi connectivity index (χ0) is 23.0. The zero-order valence-corrected chi connectivity index (χ0v) is 19.3. The predicted octanol–water partition coefficient (Wildman–Crippen LogP) is 3.23. The van der Waals surface area contributed by atoms with Crippen molar-refractivity contribution in [1.82, 2.24) is 10.3 Å². The van der Waals surface area contributed by atoms with Gasteiger partial charge in [-0.2, -0.15) is 5.01 Å². The quantitative estimate of drug-likeness (QED) is 0.737. The van der Waals surface area contributed by atoms with Gasteiger partial charge in [0.25, 0.3) is 5.91 Å². The van der Waals surface area contributed by atoms with Gasteiger partial charge < -0.3 is 15.0 Å². The molecule has 10 heteroatoms. The first kappa shape index (κ1) is 22.2. The van der Waals surface area contributed by atoms with Crippen LogP contribution in [-0.2, 0) is 19.3 Å². The van der Waals surface area contributed by atoms with Gasteiger partial charge in [-0.05, 0) is 48.5 Å². The monoisotopic (exact) mass is 472 g/mol. The van der Waals surface area contributed by atoms with Crippen molar-refractivity contribution < 1.29 is 19.1 Å². The van der Waals surface area contributed by atoms with Gasteiger partial charge in [-0.3, -0.25) is 14.4 Å². The van der Waals surface area contributed by atoms with Crippen LogP contribution in [0.15, 0.2) is 47.6 Å². The summed E-state index contributed by atoms with van der Waals surface area (Å²) in [4.78, 5) is 37.9. The molecule has 1 N–H and O–H groups in total. The van der Waals surface area contributed by atoms with Crippen molar-refractivity contribution in [3.05, 3.63) is 58.6 Å². The Hall–Kier alpha value is -3.04. The van der Waals surface area contributed by atoms with E-state index in [4.69, 9.17) is 16.3 Å². The molecule has 0 saturated carbocycles. The summed E-state index contributed by atoms with van der Waals surface area (Å²) < 4.78 is 5.89. The van der Waals surface area contributed by atoms with Crippen LogP contribution in [0, 0.1) is 6.92 Å². The van der Waals surface area contributed by atoms with E-state index in [-0.39, 0.29) is 30.1 Å². The number of aryl methyl sites for hydroxylation is 1. The fraction of sp³-hybridized carbons (Fsp3) is 0.273. The lowest BCUT2D eigenvalue weighted by molar-refractivity contribution is -0.139. The Bertz CT molecular complexity index is 1150. The number of nitrogens with one attached hydrogen (secondary N) is 1. The molecule has 0 aromatic heterocycles. The number of amidine groups is 1. The Balaban J connectivity index is 1.67. The van der Waals surface area contributed by atoms with E-state index in [1.165, 1.54) is 13.8 Å². The van der Waals surface area contributed by atoms with Gasteiger partial charge >= 0.3 is 0 Å². The third-order valence-corrected chi connectivity index (χ3v) is 6.61. The van der Waals surface area contributed by atoms with E-state index in [1.54, 1.807) is 23.1 Å². The van der Waals surface area contributed by atoms with Crippen LogP contribution in [0.25, 0.3) is 0 Å². The molecule has 4 rings (SSSR count). The van der Waals surface area contributed by atoms with Crippen molar-refractivity contribution in [2.45, 2.75) is 25.6 Å². The SMILES string of the molecule is CC(=O)NC1=NN(C(C)=O)[C@@]2(S1)C(=O)N(CCOc1ccccc1C)c1ccc(Cl)cc12. The van der Waals surface area contributed by atoms with Gasteiger partial charge in [0.15, 0.2) is 5.17 Å². The fourth-order valence-corrected chi connectivity index (χ4v) is 5.27. The minimum absolute atomic E-state index is 0.171. The second-order valence-electron chi connectivity index (χ2n) is 7.40. The topological polar surface area (TPSA) is 91.3 Å². The van der Waals surface area contributed by atoms with Crippen LogP contribution < -0.4 is 15.0 Å². The first-order chi connectivity index (χ1) is 15.2. The maximum Gasteiger partial charge on any atom is 0.270 e. The maximum atomic E-state index is 13.8. The Labute approximate surface area is 194 Å². The predicted molar refractivity (Wildman–Crippen MR) is 124 cm³/mol. The molecule has 1 spiro atoms. The number of hydrazone groups is 1. The molecule has 2 heterocycles. The highest BCUT2D eigenvalue weighted by molar-refractivity contribution is 8.15. The number of para-hydroxylation sites is 1. The number of rotatable bonds is 4. The van der Waals surface area contributed by atoms with Crippen LogP contribution in [0.1, 0.15) is 25.0 Å². The molecule has 2 aliphatic heterocycles. The van der Waals surface area contributed by atoms with E-state index in [0.29, 0.717) is 16.3 Å². The summed E-state index contributed by atoms with van der Waals surface area (Å²) in [5, 5.41) is 8.51. The second kappa shape index (κ2) is 8.48. The molecule has 1 atom stereocenters. The number of hydrogen-bond donors (Lipinski definition) is 1. The third kappa shape index (κ3) is 3.71. The van der Waals surface area contributed by atoms with Gasteiger partial charge in [0, 0.05) is 24.4 Å². The van der Waals surface area contributed by atoms with Crippen molar-refractivity contribution >= 4 is 51.9 Å². The van der Waals surface area contributed by atoms with Gasteiger partial charge in [0.05, 0.1) is 12.2 Å². The van der Waals surface area contributed by atoms with Crippen LogP contribution >= 0.6 is 23.4 Å². The van der Waals surface area contributed by atoms with Crippen molar-refractivity contribution in [3.63, 3.8) is 0 Å². The first-order valence-electron chi connectivity index (χ1n) is 9.90. The van der Waals surface area contributed by atoms with Crippen molar-refractivity contribution in [3.8, 4) is 5.75 Å². The highest BCUT2D eigenvalue weighted by Gasteiger charge is 2.61. The number of fused-ring (bicyclic) bond motifs is 2. The van der Waals surface area contributed by atoms with Crippen LogP contribution in [0.3, 0.4) is 0 Å². The van der Waals surface area contributed by atoms with Gasteiger partial charge in [0.2, 0.25) is 16.7 Å². The number of benzene rings is 2. The molecule has 0 unspecified atom stereocenters. The maximum absolute atomic E-state index is 13.8. The van der Waals surface area contributed by atoms with Crippen LogP contribution in [0.2, 0.25) is 5.02 Å². The van der Waals surface area contributed by atoms with E-state index in [2.05, 4.69) is 10.4 Å². The average molecular weight is 473 g/mol.